The van der Waals surface area contributed by atoms with Crippen LogP contribution < -0.4 is 4.74 Å². The minimum atomic E-state index is -0.256. The fraction of sp³-hybridized carbons (Fsp3) is 0.269. The highest BCUT2D eigenvalue weighted by Gasteiger charge is 2.45. The zero-order valence-corrected chi connectivity index (χ0v) is 20.0. The monoisotopic (exact) mass is 488 g/mol. The van der Waals surface area contributed by atoms with E-state index in [2.05, 4.69) is 9.97 Å². The minimum absolute atomic E-state index is 0.0868. The van der Waals surface area contributed by atoms with Crippen molar-refractivity contribution < 1.29 is 18.4 Å². The van der Waals surface area contributed by atoms with Gasteiger partial charge in [-0.3, -0.25) is 4.79 Å². The number of nitrogens with zero attached hydrogens (tertiary/aromatic N) is 3. The normalized spacial score (nSPS) is 20.9. The molecule has 9 heteroatoms. The maximum Gasteiger partial charge on any atom is 0.253 e. The summed E-state index contributed by atoms with van der Waals surface area (Å²) in [4.78, 5) is 21.3. The third kappa shape index (κ3) is 4.16. The van der Waals surface area contributed by atoms with Gasteiger partial charge in [-0.1, -0.05) is 11.8 Å². The molecule has 1 aromatic carbocycles. The van der Waals surface area contributed by atoms with Gasteiger partial charge in [0.2, 0.25) is 0 Å². The van der Waals surface area contributed by atoms with Crippen molar-refractivity contribution in [1.29, 1.82) is 0 Å². The first-order valence-electron chi connectivity index (χ1n) is 11.5. The van der Waals surface area contributed by atoms with Crippen molar-refractivity contribution in [3.8, 4) is 5.75 Å². The lowest BCUT2D eigenvalue weighted by molar-refractivity contribution is -0.131. The number of allylic oxidation sites excluding steroid dienone is 1. The molecule has 1 fully saturated rings. The van der Waals surface area contributed by atoms with E-state index in [1.54, 1.807) is 24.6 Å². The van der Waals surface area contributed by atoms with Crippen LogP contribution in [0.5, 0.6) is 5.75 Å². The number of hydrogen-bond acceptors (Lipinski definition) is 7. The lowest BCUT2D eigenvalue weighted by Gasteiger charge is -2.27. The Labute approximate surface area is 206 Å². The fourth-order valence-corrected chi connectivity index (χ4v) is 5.58. The number of benzene rings is 1. The number of rotatable bonds is 6. The maximum atomic E-state index is 13.5. The molecule has 3 aromatic heterocycles. The third-order valence-electron chi connectivity index (χ3n) is 6.45. The van der Waals surface area contributed by atoms with Gasteiger partial charge in [0.15, 0.2) is 5.16 Å². The molecule has 4 heterocycles. The van der Waals surface area contributed by atoms with Crippen molar-refractivity contribution in [2.24, 2.45) is 11.0 Å². The van der Waals surface area contributed by atoms with Gasteiger partial charge in [0.05, 0.1) is 42.1 Å². The summed E-state index contributed by atoms with van der Waals surface area (Å²) in [7, 11) is 1.63. The molecule has 178 valence electrons. The average Bonchev–Trinajstić information content (AvgIpc) is 3.67. The summed E-state index contributed by atoms with van der Waals surface area (Å²) in [5, 5.41) is 7.15. The van der Waals surface area contributed by atoms with E-state index >= 15 is 0 Å². The molecule has 0 radical (unpaired) electrons. The lowest BCUT2D eigenvalue weighted by atomic mass is 9.79. The van der Waals surface area contributed by atoms with Gasteiger partial charge in [-0.05, 0) is 67.3 Å². The Bertz CT molecular complexity index is 1400. The molecule has 1 saturated carbocycles. The number of aromatic amines is 1. The number of H-pyrrole nitrogens is 1. The van der Waals surface area contributed by atoms with Crippen LogP contribution in [-0.2, 0) is 4.79 Å². The van der Waals surface area contributed by atoms with Gasteiger partial charge in [-0.25, -0.2) is 9.99 Å². The van der Waals surface area contributed by atoms with E-state index in [9.17, 15) is 4.79 Å². The summed E-state index contributed by atoms with van der Waals surface area (Å²) in [5.41, 5.74) is 3.76. The van der Waals surface area contributed by atoms with Crippen molar-refractivity contribution in [1.82, 2.24) is 15.0 Å². The van der Waals surface area contributed by atoms with Gasteiger partial charge < -0.3 is 18.6 Å². The summed E-state index contributed by atoms with van der Waals surface area (Å²) in [6, 6.07) is 13.0. The standard InChI is InChI=1S/C26H24N4O4S/c1-32-17-9-10-20-21(14-17)28-26(27-20)35-15-23(31)30-25(22-8-4-12-34-22)19-7-2-5-16(24(19)29-30)13-18-6-3-11-33-18/h3-4,6,8-14,19,25H,2,5,7,15H2,1H3,(H,27,28). The van der Waals surface area contributed by atoms with Gasteiger partial charge in [-0.2, -0.15) is 5.10 Å². The Morgan fingerprint density at radius 3 is 2.94 bits per heavy atom. The number of methoxy groups -OCH3 is 1. The van der Waals surface area contributed by atoms with Crippen LogP contribution in [0.15, 0.2) is 79.7 Å². The number of carbonyl (C=O) groups excluding carboxylic acids is 1. The first-order chi connectivity index (χ1) is 17.2. The molecule has 8 nitrogen and oxygen atoms in total. The number of imidazole rings is 1. The van der Waals surface area contributed by atoms with Gasteiger partial charge in [0, 0.05) is 12.0 Å². The number of carbonyl (C=O) groups is 1. The Morgan fingerprint density at radius 1 is 1.26 bits per heavy atom. The number of amides is 1. The Kier molecular flexibility index (Phi) is 5.69. The van der Waals surface area contributed by atoms with Crippen molar-refractivity contribution in [2.45, 2.75) is 30.5 Å². The highest BCUT2D eigenvalue weighted by molar-refractivity contribution is 7.99. The van der Waals surface area contributed by atoms with E-state index in [1.165, 1.54) is 11.8 Å². The van der Waals surface area contributed by atoms with Crippen LogP contribution in [-0.4, -0.2) is 39.5 Å². The van der Waals surface area contributed by atoms with Crippen LogP contribution in [0.3, 0.4) is 0 Å². The first kappa shape index (κ1) is 21.8. The molecular formula is C26H24N4O4S. The summed E-state index contributed by atoms with van der Waals surface area (Å²) < 4.78 is 16.6. The number of hydrogen-bond donors (Lipinski definition) is 1. The number of nitrogens with one attached hydrogen (secondary N) is 1. The quantitative estimate of drug-likeness (QED) is 0.351. The molecule has 1 aliphatic carbocycles. The summed E-state index contributed by atoms with van der Waals surface area (Å²) in [5.74, 6) is 2.50. The second kappa shape index (κ2) is 9.14. The summed E-state index contributed by atoms with van der Waals surface area (Å²) >= 11 is 1.36. The number of hydrazone groups is 1. The van der Waals surface area contributed by atoms with Crippen LogP contribution in [0.4, 0.5) is 0 Å². The molecule has 0 saturated heterocycles. The summed E-state index contributed by atoms with van der Waals surface area (Å²) in [6.07, 6.45) is 8.22. The zero-order valence-electron chi connectivity index (χ0n) is 19.1. The lowest BCUT2D eigenvalue weighted by Crippen LogP contribution is -2.32. The highest BCUT2D eigenvalue weighted by Crippen LogP contribution is 2.44. The SMILES string of the molecule is COc1ccc2nc(SCC(=O)N3N=C4C(=Cc5ccco5)CCCC4C3c3ccco3)[nH]c2c1. The predicted octanol–water partition coefficient (Wildman–Crippen LogP) is 5.67. The first-order valence-corrected chi connectivity index (χ1v) is 12.5. The highest BCUT2D eigenvalue weighted by atomic mass is 32.2. The molecular weight excluding hydrogens is 464 g/mol. The Balaban J connectivity index is 1.26. The topological polar surface area (TPSA) is 96.9 Å². The molecule has 35 heavy (non-hydrogen) atoms. The van der Waals surface area contributed by atoms with Gasteiger partial charge in [-0.15, -0.1) is 0 Å². The number of fused-ring (bicyclic) bond motifs is 2. The number of furan rings is 2. The average molecular weight is 489 g/mol. The van der Waals surface area contributed by atoms with Crippen molar-refractivity contribution >= 4 is 40.5 Å². The Hall–Kier alpha value is -3.72. The molecule has 1 N–H and O–H groups in total. The van der Waals surface area contributed by atoms with E-state index < -0.39 is 0 Å². The molecule has 0 spiro atoms. The molecule has 0 bridgehead atoms. The smallest absolute Gasteiger partial charge is 0.253 e. The van der Waals surface area contributed by atoms with Crippen molar-refractivity contribution in [3.05, 3.63) is 72.1 Å². The minimum Gasteiger partial charge on any atom is -0.497 e. The van der Waals surface area contributed by atoms with Crippen LogP contribution in [0.1, 0.15) is 36.8 Å². The van der Waals surface area contributed by atoms with Gasteiger partial charge in [0.1, 0.15) is 23.3 Å². The van der Waals surface area contributed by atoms with Crippen LogP contribution in [0, 0.1) is 5.92 Å². The van der Waals surface area contributed by atoms with Crippen molar-refractivity contribution in [3.63, 3.8) is 0 Å². The molecule has 2 aliphatic rings. The molecule has 2 unspecified atom stereocenters. The second-order valence-corrected chi connectivity index (χ2v) is 9.55. The van der Waals surface area contributed by atoms with Gasteiger partial charge in [0.25, 0.3) is 5.91 Å². The maximum absolute atomic E-state index is 13.5. The van der Waals surface area contributed by atoms with E-state index in [4.69, 9.17) is 18.7 Å². The fourth-order valence-electron chi connectivity index (χ4n) is 4.85. The van der Waals surface area contributed by atoms with Crippen molar-refractivity contribution in [2.75, 3.05) is 12.9 Å². The number of ether oxygens (including phenoxy) is 1. The molecule has 4 aromatic rings. The predicted molar refractivity (Wildman–Crippen MR) is 133 cm³/mol. The number of aromatic nitrogens is 2. The largest absolute Gasteiger partial charge is 0.497 e. The summed E-state index contributed by atoms with van der Waals surface area (Å²) in [6.45, 7) is 0. The van der Waals surface area contributed by atoms with Crippen LogP contribution in [0.2, 0.25) is 0 Å². The molecule has 1 amide bonds. The van der Waals surface area contributed by atoms with E-state index in [0.29, 0.717) is 5.16 Å². The van der Waals surface area contributed by atoms with E-state index in [1.807, 2.05) is 48.5 Å². The molecule has 1 aliphatic heterocycles. The molecule has 6 rings (SSSR count). The van der Waals surface area contributed by atoms with E-state index in [0.717, 1.165) is 58.9 Å². The third-order valence-corrected chi connectivity index (χ3v) is 7.31. The number of thioether (sulfide) groups is 1. The van der Waals surface area contributed by atoms with E-state index in [-0.39, 0.29) is 23.6 Å². The Morgan fingerprint density at radius 2 is 2.14 bits per heavy atom. The van der Waals surface area contributed by atoms with Crippen LogP contribution in [0.25, 0.3) is 17.1 Å². The van der Waals surface area contributed by atoms with Gasteiger partial charge >= 0.3 is 0 Å². The van der Waals surface area contributed by atoms with Crippen LogP contribution >= 0.6 is 11.8 Å². The second-order valence-electron chi connectivity index (χ2n) is 8.58. The molecule has 2 atom stereocenters. The zero-order chi connectivity index (χ0) is 23.8.